The van der Waals surface area contributed by atoms with Crippen LogP contribution in [0.15, 0.2) is 60.7 Å². The van der Waals surface area contributed by atoms with Crippen LogP contribution in [0.2, 0.25) is 5.02 Å². The summed E-state index contributed by atoms with van der Waals surface area (Å²) in [5.41, 5.74) is 1.78. The number of halogens is 1. The summed E-state index contributed by atoms with van der Waals surface area (Å²) >= 11 is 6.26. The molecule has 0 saturated heterocycles. The molecule has 0 heterocycles. The van der Waals surface area contributed by atoms with E-state index < -0.39 is 0 Å². The molecule has 0 radical (unpaired) electrons. The molecule has 0 saturated carbocycles. The van der Waals surface area contributed by atoms with Gasteiger partial charge >= 0.3 is 0 Å². The Bertz CT molecular complexity index is 996. The lowest BCUT2D eigenvalue weighted by Crippen LogP contribution is -2.43. The molecule has 1 amide bonds. The molecule has 2 N–H and O–H groups in total. The maximum Gasteiger partial charge on any atom is 0.258 e. The highest BCUT2D eigenvalue weighted by Crippen LogP contribution is 2.28. The van der Waals surface area contributed by atoms with Crippen molar-refractivity contribution in [2.45, 2.75) is 39.4 Å². The van der Waals surface area contributed by atoms with Crippen LogP contribution < -0.4 is 15.4 Å². The maximum absolute atomic E-state index is 12.2. The molecule has 0 spiro atoms. The Labute approximate surface area is 177 Å². The van der Waals surface area contributed by atoms with Crippen LogP contribution in [0.25, 0.3) is 10.8 Å². The Morgan fingerprint density at radius 2 is 1.69 bits per heavy atom. The third-order valence-corrected chi connectivity index (χ3v) is 4.81. The first-order chi connectivity index (χ1) is 13.8. The average molecular weight is 411 g/mol. The molecule has 3 aromatic carbocycles. The summed E-state index contributed by atoms with van der Waals surface area (Å²) in [6.45, 7) is 7.07. The Morgan fingerprint density at radius 3 is 2.45 bits per heavy atom. The van der Waals surface area contributed by atoms with Crippen molar-refractivity contribution in [2.75, 3.05) is 6.61 Å². The van der Waals surface area contributed by atoms with Crippen LogP contribution in [-0.4, -0.2) is 18.1 Å². The molecule has 152 valence electrons. The van der Waals surface area contributed by atoms with Crippen LogP contribution >= 0.6 is 11.6 Å². The molecule has 0 unspecified atom stereocenters. The van der Waals surface area contributed by atoms with Crippen molar-refractivity contribution in [1.29, 1.82) is 0 Å². The number of amides is 1. The largest absolute Gasteiger partial charge is 0.483 e. The summed E-state index contributed by atoms with van der Waals surface area (Å²) in [6.07, 6.45) is 0. The monoisotopic (exact) mass is 410 g/mol. The van der Waals surface area contributed by atoms with Gasteiger partial charge in [0.15, 0.2) is 6.61 Å². The number of benzene rings is 3. The van der Waals surface area contributed by atoms with Gasteiger partial charge in [0.1, 0.15) is 5.75 Å². The second-order valence-electron chi connectivity index (χ2n) is 8.05. The number of nitrogens with one attached hydrogen (secondary N) is 2. The standard InChI is InChI=1S/C24H27ClN2O2/c1-24(2,3)27-23(28)16-29-22-13-12-17-8-4-6-10-19(17)20(22)15-26-14-18-9-5-7-11-21(18)25/h4-13,26H,14-16H2,1-3H3,(H,27,28). The first-order valence-electron chi connectivity index (χ1n) is 9.72. The molecule has 0 aliphatic rings. The van der Waals surface area contributed by atoms with E-state index in [0.29, 0.717) is 18.8 Å². The number of rotatable bonds is 7. The number of carbonyl (C=O) groups excluding carboxylic acids is 1. The van der Waals surface area contributed by atoms with Crippen LogP contribution in [0.5, 0.6) is 5.75 Å². The van der Waals surface area contributed by atoms with Crippen LogP contribution in [0.3, 0.4) is 0 Å². The van der Waals surface area contributed by atoms with E-state index >= 15 is 0 Å². The predicted octanol–water partition coefficient (Wildman–Crippen LogP) is 5.08. The van der Waals surface area contributed by atoms with Gasteiger partial charge in [0.25, 0.3) is 5.91 Å². The van der Waals surface area contributed by atoms with Gasteiger partial charge in [-0.1, -0.05) is 60.1 Å². The predicted molar refractivity (Wildman–Crippen MR) is 119 cm³/mol. The van der Waals surface area contributed by atoms with Crippen molar-refractivity contribution in [1.82, 2.24) is 10.6 Å². The van der Waals surface area contributed by atoms with E-state index in [1.54, 1.807) is 0 Å². The zero-order valence-corrected chi connectivity index (χ0v) is 17.8. The zero-order valence-electron chi connectivity index (χ0n) is 17.1. The first-order valence-corrected chi connectivity index (χ1v) is 10.1. The second kappa shape index (κ2) is 9.29. The quantitative estimate of drug-likeness (QED) is 0.571. The number of carbonyl (C=O) groups is 1. The van der Waals surface area contributed by atoms with Crippen LogP contribution in [-0.2, 0) is 17.9 Å². The zero-order chi connectivity index (χ0) is 20.9. The summed E-state index contributed by atoms with van der Waals surface area (Å²) < 4.78 is 5.90. The molecule has 29 heavy (non-hydrogen) atoms. The van der Waals surface area contributed by atoms with Crippen molar-refractivity contribution in [3.63, 3.8) is 0 Å². The normalized spacial score (nSPS) is 11.4. The van der Waals surface area contributed by atoms with E-state index in [1.165, 1.54) is 0 Å². The molecule has 0 bridgehead atoms. The van der Waals surface area contributed by atoms with E-state index in [1.807, 2.05) is 69.3 Å². The third-order valence-electron chi connectivity index (χ3n) is 4.45. The van der Waals surface area contributed by atoms with Crippen molar-refractivity contribution < 1.29 is 9.53 Å². The van der Waals surface area contributed by atoms with Crippen molar-refractivity contribution in [3.05, 3.63) is 76.8 Å². The molecule has 0 fully saturated rings. The molecular formula is C24H27ClN2O2. The molecule has 0 aromatic heterocycles. The van der Waals surface area contributed by atoms with Gasteiger partial charge in [0.05, 0.1) is 0 Å². The highest BCUT2D eigenvalue weighted by Gasteiger charge is 2.15. The Hall–Kier alpha value is -2.56. The van der Waals surface area contributed by atoms with E-state index in [4.69, 9.17) is 16.3 Å². The summed E-state index contributed by atoms with van der Waals surface area (Å²) in [6, 6.07) is 19.9. The molecule has 5 heteroatoms. The Balaban J connectivity index is 1.77. The molecule has 0 aliphatic carbocycles. The highest BCUT2D eigenvalue weighted by molar-refractivity contribution is 6.31. The molecule has 3 rings (SSSR count). The van der Waals surface area contributed by atoms with Gasteiger partial charge in [0, 0.05) is 29.2 Å². The van der Waals surface area contributed by atoms with Gasteiger partial charge in [-0.15, -0.1) is 0 Å². The third kappa shape index (κ3) is 5.96. The lowest BCUT2D eigenvalue weighted by Gasteiger charge is -2.21. The van der Waals surface area contributed by atoms with Gasteiger partial charge in [-0.25, -0.2) is 0 Å². The fraction of sp³-hybridized carbons (Fsp3) is 0.292. The topological polar surface area (TPSA) is 50.4 Å². The molecule has 0 atom stereocenters. The molecule has 4 nitrogen and oxygen atoms in total. The van der Waals surface area contributed by atoms with E-state index in [9.17, 15) is 4.79 Å². The fourth-order valence-corrected chi connectivity index (χ4v) is 3.40. The smallest absolute Gasteiger partial charge is 0.258 e. The van der Waals surface area contributed by atoms with Crippen molar-refractivity contribution >= 4 is 28.3 Å². The van der Waals surface area contributed by atoms with Gasteiger partial charge in [-0.05, 0) is 49.2 Å². The minimum absolute atomic E-state index is 0.0207. The number of hydrogen-bond donors (Lipinski definition) is 2. The van der Waals surface area contributed by atoms with E-state index in [2.05, 4.69) is 22.8 Å². The van der Waals surface area contributed by atoms with Crippen LogP contribution in [0.1, 0.15) is 31.9 Å². The van der Waals surface area contributed by atoms with Crippen molar-refractivity contribution in [3.8, 4) is 5.75 Å². The lowest BCUT2D eigenvalue weighted by atomic mass is 10.0. The van der Waals surface area contributed by atoms with Gasteiger partial charge < -0.3 is 15.4 Å². The summed E-state index contributed by atoms with van der Waals surface area (Å²) in [5.74, 6) is 0.569. The Morgan fingerprint density at radius 1 is 0.966 bits per heavy atom. The number of fused-ring (bicyclic) bond motifs is 1. The van der Waals surface area contributed by atoms with Crippen LogP contribution in [0, 0.1) is 0 Å². The minimum atomic E-state index is -0.289. The summed E-state index contributed by atoms with van der Waals surface area (Å²) in [7, 11) is 0. The molecular weight excluding hydrogens is 384 g/mol. The number of ether oxygens (including phenoxy) is 1. The summed E-state index contributed by atoms with van der Waals surface area (Å²) in [4.78, 5) is 12.2. The molecule has 3 aromatic rings. The van der Waals surface area contributed by atoms with E-state index in [0.717, 1.165) is 26.9 Å². The van der Waals surface area contributed by atoms with Gasteiger partial charge in [-0.2, -0.15) is 0 Å². The lowest BCUT2D eigenvalue weighted by molar-refractivity contribution is -0.124. The van der Waals surface area contributed by atoms with Crippen LogP contribution in [0.4, 0.5) is 0 Å². The van der Waals surface area contributed by atoms with Gasteiger partial charge in [0.2, 0.25) is 0 Å². The second-order valence-corrected chi connectivity index (χ2v) is 8.45. The fourth-order valence-electron chi connectivity index (χ4n) is 3.20. The minimum Gasteiger partial charge on any atom is -0.483 e. The first kappa shape index (κ1) is 21.2. The molecule has 0 aliphatic heterocycles. The highest BCUT2D eigenvalue weighted by atomic mass is 35.5. The summed E-state index contributed by atoms with van der Waals surface area (Å²) in [5, 5.41) is 9.36. The average Bonchev–Trinajstić information content (AvgIpc) is 2.67. The van der Waals surface area contributed by atoms with E-state index in [-0.39, 0.29) is 18.1 Å². The van der Waals surface area contributed by atoms with Gasteiger partial charge in [-0.3, -0.25) is 4.79 Å². The Kier molecular flexibility index (Phi) is 6.78. The SMILES string of the molecule is CC(C)(C)NC(=O)COc1ccc2ccccc2c1CNCc1ccccc1Cl. The maximum atomic E-state index is 12.2. The number of hydrogen-bond acceptors (Lipinski definition) is 3. The van der Waals surface area contributed by atoms with Crippen molar-refractivity contribution in [2.24, 2.45) is 0 Å².